The number of nitrogens with zero attached hydrogens (tertiary/aromatic N) is 1. The van der Waals surface area contributed by atoms with E-state index in [1.165, 1.54) is 0 Å². The molecule has 0 amide bonds. The number of aliphatic carboxylic acids is 1. The first-order valence-corrected chi connectivity index (χ1v) is 3.70. The Bertz CT molecular complexity index is 160. The van der Waals surface area contributed by atoms with E-state index in [1.807, 2.05) is 11.9 Å². The Balaban J connectivity index is 2.54. The number of rotatable bonds is 1. The molecule has 1 aliphatic rings. The van der Waals surface area contributed by atoms with Crippen LogP contribution in [0.2, 0.25) is 0 Å². The number of hydrogen-bond donors (Lipinski definition) is 2. The first kappa shape index (κ1) is 8.49. The maximum atomic E-state index is 10.5. The van der Waals surface area contributed by atoms with Gasteiger partial charge in [0, 0.05) is 13.1 Å². The minimum atomic E-state index is -0.899. The monoisotopic (exact) mass is 159 g/mol. The normalized spacial score (nSPS) is 33.6. The quantitative estimate of drug-likeness (QED) is 0.535. The van der Waals surface area contributed by atoms with Gasteiger partial charge < -0.3 is 15.1 Å². The van der Waals surface area contributed by atoms with Gasteiger partial charge in [-0.15, -0.1) is 0 Å². The highest BCUT2D eigenvalue weighted by Crippen LogP contribution is 2.15. The first-order chi connectivity index (χ1) is 5.11. The van der Waals surface area contributed by atoms with Crippen LogP contribution in [0.15, 0.2) is 0 Å². The fourth-order valence-corrected chi connectivity index (χ4v) is 1.35. The summed E-state index contributed by atoms with van der Waals surface area (Å²) >= 11 is 0. The molecule has 11 heavy (non-hydrogen) atoms. The van der Waals surface area contributed by atoms with Gasteiger partial charge in [0.25, 0.3) is 0 Å². The third-order valence-corrected chi connectivity index (χ3v) is 2.10. The average molecular weight is 159 g/mol. The number of likely N-dealkylation sites (tertiary alicyclic amines) is 1. The summed E-state index contributed by atoms with van der Waals surface area (Å²) in [4.78, 5) is 12.4. The van der Waals surface area contributed by atoms with Gasteiger partial charge in [0.2, 0.25) is 0 Å². The van der Waals surface area contributed by atoms with Gasteiger partial charge in [-0.1, -0.05) is 0 Å². The van der Waals surface area contributed by atoms with Crippen molar-refractivity contribution in [3.8, 4) is 0 Å². The van der Waals surface area contributed by atoms with Gasteiger partial charge in [-0.2, -0.15) is 0 Å². The second-order valence-electron chi connectivity index (χ2n) is 3.06. The molecule has 1 saturated heterocycles. The first-order valence-electron chi connectivity index (χ1n) is 3.70. The highest BCUT2D eigenvalue weighted by atomic mass is 16.4. The zero-order chi connectivity index (χ0) is 8.43. The largest absolute Gasteiger partial charge is 0.481 e. The molecule has 4 nitrogen and oxygen atoms in total. The third kappa shape index (κ3) is 1.91. The zero-order valence-corrected chi connectivity index (χ0v) is 6.53. The lowest BCUT2D eigenvalue weighted by atomic mass is 9.95. The van der Waals surface area contributed by atoms with E-state index in [0.29, 0.717) is 13.0 Å². The number of carboxylic acid groups (broad SMARTS) is 1. The van der Waals surface area contributed by atoms with E-state index < -0.39 is 18.0 Å². The fourth-order valence-electron chi connectivity index (χ4n) is 1.35. The zero-order valence-electron chi connectivity index (χ0n) is 6.53. The lowest BCUT2D eigenvalue weighted by Gasteiger charge is -2.31. The highest BCUT2D eigenvalue weighted by Gasteiger charge is 2.31. The Kier molecular flexibility index (Phi) is 2.46. The van der Waals surface area contributed by atoms with Crippen molar-refractivity contribution in [1.82, 2.24) is 4.90 Å². The molecule has 1 heterocycles. The topological polar surface area (TPSA) is 60.8 Å². The summed E-state index contributed by atoms with van der Waals surface area (Å²) in [5.41, 5.74) is 0. The maximum absolute atomic E-state index is 10.5. The molecule has 0 saturated carbocycles. The van der Waals surface area contributed by atoms with Crippen LogP contribution in [-0.2, 0) is 4.79 Å². The van der Waals surface area contributed by atoms with Crippen LogP contribution in [0.3, 0.4) is 0 Å². The second kappa shape index (κ2) is 3.19. The van der Waals surface area contributed by atoms with Crippen LogP contribution >= 0.6 is 0 Å². The SMILES string of the molecule is CN1CCC(O)C(C(=O)O)C1. The Hall–Kier alpha value is -0.610. The number of carboxylic acids is 1. The molecular formula is C7H13NO3. The van der Waals surface area contributed by atoms with E-state index >= 15 is 0 Å². The van der Waals surface area contributed by atoms with E-state index in [2.05, 4.69) is 0 Å². The molecule has 0 radical (unpaired) electrons. The smallest absolute Gasteiger partial charge is 0.310 e. The van der Waals surface area contributed by atoms with E-state index in [0.717, 1.165) is 6.54 Å². The Labute approximate surface area is 65.4 Å². The van der Waals surface area contributed by atoms with Crippen LogP contribution in [0.5, 0.6) is 0 Å². The Morgan fingerprint density at radius 2 is 2.27 bits per heavy atom. The predicted molar refractivity (Wildman–Crippen MR) is 39.2 cm³/mol. The van der Waals surface area contributed by atoms with Crippen molar-refractivity contribution < 1.29 is 15.0 Å². The summed E-state index contributed by atoms with van der Waals surface area (Å²) in [5.74, 6) is -1.50. The summed E-state index contributed by atoms with van der Waals surface area (Å²) in [7, 11) is 1.86. The molecule has 64 valence electrons. The van der Waals surface area contributed by atoms with Crippen molar-refractivity contribution >= 4 is 5.97 Å². The fraction of sp³-hybridized carbons (Fsp3) is 0.857. The summed E-state index contributed by atoms with van der Waals surface area (Å²) in [6, 6.07) is 0. The molecule has 1 fully saturated rings. The van der Waals surface area contributed by atoms with Gasteiger partial charge in [-0.25, -0.2) is 0 Å². The van der Waals surface area contributed by atoms with Crippen molar-refractivity contribution in [2.45, 2.75) is 12.5 Å². The maximum Gasteiger partial charge on any atom is 0.310 e. The molecule has 1 aliphatic heterocycles. The van der Waals surface area contributed by atoms with Crippen molar-refractivity contribution in [2.24, 2.45) is 5.92 Å². The van der Waals surface area contributed by atoms with Crippen LogP contribution in [0.4, 0.5) is 0 Å². The summed E-state index contributed by atoms with van der Waals surface area (Å²) in [6.45, 7) is 1.24. The summed E-state index contributed by atoms with van der Waals surface area (Å²) < 4.78 is 0. The number of aliphatic hydroxyl groups excluding tert-OH is 1. The molecule has 2 atom stereocenters. The highest BCUT2D eigenvalue weighted by molar-refractivity contribution is 5.71. The van der Waals surface area contributed by atoms with E-state index in [4.69, 9.17) is 5.11 Å². The van der Waals surface area contributed by atoms with Gasteiger partial charge in [-0.3, -0.25) is 4.79 Å². The van der Waals surface area contributed by atoms with Gasteiger partial charge >= 0.3 is 5.97 Å². The minimum absolute atomic E-state index is 0.455. The molecule has 1 rings (SSSR count). The van der Waals surface area contributed by atoms with Crippen LogP contribution in [-0.4, -0.2) is 47.3 Å². The number of aliphatic hydroxyl groups is 1. The molecule has 0 bridgehead atoms. The molecule has 0 aliphatic carbocycles. The van der Waals surface area contributed by atoms with Crippen LogP contribution < -0.4 is 0 Å². The molecule has 2 unspecified atom stereocenters. The van der Waals surface area contributed by atoms with Gasteiger partial charge in [0.15, 0.2) is 0 Å². The molecule has 0 aromatic rings. The minimum Gasteiger partial charge on any atom is -0.481 e. The number of hydrogen-bond acceptors (Lipinski definition) is 3. The van der Waals surface area contributed by atoms with E-state index in [1.54, 1.807) is 0 Å². The molecule has 0 aromatic carbocycles. The van der Waals surface area contributed by atoms with Crippen molar-refractivity contribution in [1.29, 1.82) is 0 Å². The van der Waals surface area contributed by atoms with Crippen molar-refractivity contribution in [3.63, 3.8) is 0 Å². The summed E-state index contributed by atoms with van der Waals surface area (Å²) in [6.07, 6.45) is -0.100. The lowest BCUT2D eigenvalue weighted by molar-refractivity contribution is -0.148. The molecule has 0 aromatic heterocycles. The van der Waals surface area contributed by atoms with Crippen molar-refractivity contribution in [3.05, 3.63) is 0 Å². The predicted octanol–water partition coefficient (Wildman–Crippen LogP) is -0.616. The standard InChI is InChI=1S/C7H13NO3/c1-8-3-2-6(9)5(4-8)7(10)11/h5-6,9H,2-4H2,1H3,(H,10,11). The average Bonchev–Trinajstić information content (AvgIpc) is 1.94. The molecular weight excluding hydrogens is 146 g/mol. The molecule has 4 heteroatoms. The van der Waals surface area contributed by atoms with Crippen LogP contribution in [0, 0.1) is 5.92 Å². The Morgan fingerprint density at radius 3 is 2.73 bits per heavy atom. The van der Waals surface area contributed by atoms with Crippen molar-refractivity contribution in [2.75, 3.05) is 20.1 Å². The molecule has 0 spiro atoms. The second-order valence-corrected chi connectivity index (χ2v) is 3.06. The molecule has 2 N–H and O–H groups in total. The van der Waals surface area contributed by atoms with E-state index in [-0.39, 0.29) is 0 Å². The van der Waals surface area contributed by atoms with Crippen LogP contribution in [0.1, 0.15) is 6.42 Å². The van der Waals surface area contributed by atoms with Gasteiger partial charge in [0.1, 0.15) is 0 Å². The number of piperidine rings is 1. The lowest BCUT2D eigenvalue weighted by Crippen LogP contribution is -2.44. The van der Waals surface area contributed by atoms with Gasteiger partial charge in [0.05, 0.1) is 12.0 Å². The number of carbonyl (C=O) groups is 1. The van der Waals surface area contributed by atoms with E-state index in [9.17, 15) is 9.90 Å². The van der Waals surface area contributed by atoms with Crippen LogP contribution in [0.25, 0.3) is 0 Å². The van der Waals surface area contributed by atoms with Gasteiger partial charge in [-0.05, 0) is 13.5 Å². The third-order valence-electron chi connectivity index (χ3n) is 2.10. The Morgan fingerprint density at radius 1 is 1.64 bits per heavy atom. The summed E-state index contributed by atoms with van der Waals surface area (Å²) in [5, 5.41) is 17.9.